The lowest BCUT2D eigenvalue weighted by Crippen LogP contribution is -2.02. The molecule has 70 valence electrons. The van der Waals surface area contributed by atoms with Crippen molar-refractivity contribution in [3.8, 4) is 0 Å². The van der Waals surface area contributed by atoms with Gasteiger partial charge in [-0.15, -0.1) is 6.58 Å². The largest absolute Gasteiger partial charge is 0.385 e. The molecular weight excluding hydrogens is 158 g/mol. The van der Waals surface area contributed by atoms with Crippen LogP contribution in [0.4, 0.5) is 5.69 Å². The van der Waals surface area contributed by atoms with Crippen LogP contribution in [0.5, 0.6) is 0 Å². The average Bonchev–Trinajstić information content (AvgIpc) is 2.13. The predicted molar refractivity (Wildman–Crippen MR) is 59.2 cm³/mol. The number of anilines is 1. The summed E-state index contributed by atoms with van der Waals surface area (Å²) in [7, 11) is 0. The van der Waals surface area contributed by atoms with E-state index in [1.165, 1.54) is 16.8 Å². The van der Waals surface area contributed by atoms with Gasteiger partial charge < -0.3 is 5.32 Å². The van der Waals surface area contributed by atoms with Crippen LogP contribution in [0.2, 0.25) is 0 Å². The van der Waals surface area contributed by atoms with Crippen LogP contribution in [-0.2, 0) is 0 Å². The zero-order valence-corrected chi connectivity index (χ0v) is 8.43. The van der Waals surface area contributed by atoms with Crippen molar-refractivity contribution in [2.75, 3.05) is 11.9 Å². The molecule has 0 spiro atoms. The van der Waals surface area contributed by atoms with Crippen molar-refractivity contribution in [1.29, 1.82) is 0 Å². The topological polar surface area (TPSA) is 12.0 Å². The first kappa shape index (κ1) is 9.85. The summed E-state index contributed by atoms with van der Waals surface area (Å²) in [6, 6.07) is 6.33. The van der Waals surface area contributed by atoms with Gasteiger partial charge in [0, 0.05) is 12.2 Å². The third-order valence-electron chi connectivity index (χ3n) is 2.27. The van der Waals surface area contributed by atoms with Crippen molar-refractivity contribution in [2.45, 2.75) is 20.3 Å². The number of rotatable bonds is 4. The summed E-state index contributed by atoms with van der Waals surface area (Å²) in [5, 5.41) is 3.38. The molecule has 1 nitrogen and oxygen atoms in total. The van der Waals surface area contributed by atoms with Crippen LogP contribution in [0.25, 0.3) is 0 Å². The van der Waals surface area contributed by atoms with Crippen LogP contribution in [-0.4, -0.2) is 6.54 Å². The van der Waals surface area contributed by atoms with E-state index in [0.717, 1.165) is 13.0 Å². The molecule has 1 aromatic rings. The van der Waals surface area contributed by atoms with Gasteiger partial charge in [0.25, 0.3) is 0 Å². The fourth-order valence-corrected chi connectivity index (χ4v) is 1.25. The highest BCUT2D eigenvalue weighted by Gasteiger charge is 1.97. The molecule has 1 N–H and O–H groups in total. The first-order valence-corrected chi connectivity index (χ1v) is 4.66. The molecule has 1 aromatic carbocycles. The molecule has 0 saturated heterocycles. The minimum Gasteiger partial charge on any atom is -0.385 e. The molecule has 1 heteroatoms. The van der Waals surface area contributed by atoms with Crippen LogP contribution in [0, 0.1) is 13.8 Å². The standard InChI is InChI=1S/C12H17N/c1-4-5-9-13-12-8-6-7-10(2)11(12)3/h4,6-8,13H,1,5,9H2,2-3H3. The minimum absolute atomic E-state index is 0.966. The zero-order valence-electron chi connectivity index (χ0n) is 8.43. The van der Waals surface area contributed by atoms with Crippen LogP contribution < -0.4 is 5.32 Å². The molecule has 0 atom stereocenters. The maximum Gasteiger partial charge on any atom is 0.0372 e. The number of hydrogen-bond donors (Lipinski definition) is 1. The van der Waals surface area contributed by atoms with E-state index in [-0.39, 0.29) is 0 Å². The Balaban J connectivity index is 2.65. The molecule has 0 aliphatic rings. The molecule has 0 unspecified atom stereocenters. The van der Waals surface area contributed by atoms with Gasteiger partial charge in [0.2, 0.25) is 0 Å². The van der Waals surface area contributed by atoms with Gasteiger partial charge in [-0.3, -0.25) is 0 Å². The number of benzene rings is 1. The van der Waals surface area contributed by atoms with Gasteiger partial charge in [-0.1, -0.05) is 18.2 Å². The SMILES string of the molecule is C=CCCNc1cccc(C)c1C. The molecule has 0 amide bonds. The van der Waals surface area contributed by atoms with E-state index >= 15 is 0 Å². The second-order valence-electron chi connectivity index (χ2n) is 3.25. The molecule has 0 radical (unpaired) electrons. The molecule has 0 heterocycles. The summed E-state index contributed by atoms with van der Waals surface area (Å²) in [6.07, 6.45) is 2.94. The van der Waals surface area contributed by atoms with Gasteiger partial charge in [-0.05, 0) is 37.5 Å². The Morgan fingerprint density at radius 2 is 2.15 bits per heavy atom. The Hall–Kier alpha value is -1.24. The molecule has 0 bridgehead atoms. The van der Waals surface area contributed by atoms with E-state index in [2.05, 4.69) is 43.9 Å². The summed E-state index contributed by atoms with van der Waals surface area (Å²) < 4.78 is 0. The fraction of sp³-hybridized carbons (Fsp3) is 0.333. The molecule has 0 aliphatic heterocycles. The Kier molecular flexibility index (Phi) is 3.56. The van der Waals surface area contributed by atoms with E-state index in [1.807, 2.05) is 6.08 Å². The smallest absolute Gasteiger partial charge is 0.0372 e. The minimum atomic E-state index is 0.966. The van der Waals surface area contributed by atoms with Gasteiger partial charge in [0.05, 0.1) is 0 Å². The zero-order chi connectivity index (χ0) is 9.68. The normalized spacial score (nSPS) is 9.69. The Labute approximate surface area is 80.5 Å². The average molecular weight is 175 g/mol. The number of nitrogens with one attached hydrogen (secondary N) is 1. The van der Waals surface area contributed by atoms with Crippen molar-refractivity contribution < 1.29 is 0 Å². The molecule has 0 saturated carbocycles. The molecule has 1 rings (SSSR count). The van der Waals surface area contributed by atoms with Crippen LogP contribution in [0.1, 0.15) is 17.5 Å². The number of hydrogen-bond acceptors (Lipinski definition) is 1. The van der Waals surface area contributed by atoms with Crippen molar-refractivity contribution in [3.05, 3.63) is 42.0 Å². The quantitative estimate of drug-likeness (QED) is 0.547. The highest BCUT2D eigenvalue weighted by molar-refractivity contribution is 5.53. The lowest BCUT2D eigenvalue weighted by molar-refractivity contribution is 1.06. The molecule has 0 aliphatic carbocycles. The first-order valence-electron chi connectivity index (χ1n) is 4.66. The van der Waals surface area contributed by atoms with E-state index in [1.54, 1.807) is 0 Å². The summed E-state index contributed by atoms with van der Waals surface area (Å²) in [5.74, 6) is 0. The lowest BCUT2D eigenvalue weighted by atomic mass is 10.1. The van der Waals surface area contributed by atoms with E-state index in [4.69, 9.17) is 0 Å². The van der Waals surface area contributed by atoms with Crippen LogP contribution in [0.3, 0.4) is 0 Å². The molecule has 0 fully saturated rings. The Bertz CT molecular complexity index is 289. The Morgan fingerprint density at radius 3 is 2.85 bits per heavy atom. The van der Waals surface area contributed by atoms with Crippen molar-refractivity contribution in [3.63, 3.8) is 0 Å². The monoisotopic (exact) mass is 175 g/mol. The summed E-state index contributed by atoms with van der Waals surface area (Å²) in [4.78, 5) is 0. The maximum absolute atomic E-state index is 3.69. The first-order chi connectivity index (χ1) is 6.25. The predicted octanol–water partition coefficient (Wildman–Crippen LogP) is 3.29. The molecule has 13 heavy (non-hydrogen) atoms. The van der Waals surface area contributed by atoms with Gasteiger partial charge >= 0.3 is 0 Å². The summed E-state index contributed by atoms with van der Waals surface area (Å²) in [6.45, 7) is 8.94. The van der Waals surface area contributed by atoms with Gasteiger partial charge in [0.15, 0.2) is 0 Å². The Morgan fingerprint density at radius 1 is 1.38 bits per heavy atom. The van der Waals surface area contributed by atoms with Crippen molar-refractivity contribution >= 4 is 5.69 Å². The highest BCUT2D eigenvalue weighted by Crippen LogP contribution is 2.17. The van der Waals surface area contributed by atoms with E-state index in [9.17, 15) is 0 Å². The van der Waals surface area contributed by atoms with E-state index in [0.29, 0.717) is 0 Å². The van der Waals surface area contributed by atoms with Crippen LogP contribution in [0.15, 0.2) is 30.9 Å². The summed E-state index contributed by atoms with van der Waals surface area (Å²) in [5.41, 5.74) is 3.91. The fourth-order valence-electron chi connectivity index (χ4n) is 1.25. The third kappa shape index (κ3) is 2.62. The molecular formula is C12H17N. The second-order valence-corrected chi connectivity index (χ2v) is 3.25. The summed E-state index contributed by atoms with van der Waals surface area (Å²) >= 11 is 0. The lowest BCUT2D eigenvalue weighted by Gasteiger charge is -2.09. The maximum atomic E-state index is 3.69. The van der Waals surface area contributed by atoms with Crippen molar-refractivity contribution in [1.82, 2.24) is 0 Å². The van der Waals surface area contributed by atoms with Gasteiger partial charge in [-0.2, -0.15) is 0 Å². The van der Waals surface area contributed by atoms with Crippen molar-refractivity contribution in [2.24, 2.45) is 0 Å². The van der Waals surface area contributed by atoms with Gasteiger partial charge in [-0.25, -0.2) is 0 Å². The highest BCUT2D eigenvalue weighted by atomic mass is 14.9. The molecule has 0 aromatic heterocycles. The van der Waals surface area contributed by atoms with Crippen LogP contribution >= 0.6 is 0 Å². The third-order valence-corrected chi connectivity index (χ3v) is 2.27. The van der Waals surface area contributed by atoms with Gasteiger partial charge in [0.1, 0.15) is 0 Å². The second kappa shape index (κ2) is 4.70. The van der Waals surface area contributed by atoms with E-state index < -0.39 is 0 Å². The number of aryl methyl sites for hydroxylation is 1.